The van der Waals surface area contributed by atoms with Gasteiger partial charge in [-0.3, -0.25) is 0 Å². The molecular formula is C19H31N3O4. The highest BCUT2D eigenvalue weighted by Gasteiger charge is 2.15. The molecule has 26 heavy (non-hydrogen) atoms. The number of guanidine groups is 1. The molecule has 1 unspecified atom stereocenters. The summed E-state index contributed by atoms with van der Waals surface area (Å²) in [5.41, 5.74) is 1.01. The van der Waals surface area contributed by atoms with Crippen LogP contribution in [0.15, 0.2) is 23.2 Å². The number of nitrogens with one attached hydrogen (secondary N) is 2. The normalized spacial score (nSPS) is 17.2. The zero-order valence-corrected chi connectivity index (χ0v) is 16.0. The van der Waals surface area contributed by atoms with Crippen molar-refractivity contribution in [2.75, 3.05) is 47.1 Å². The highest BCUT2D eigenvalue weighted by Crippen LogP contribution is 2.25. The van der Waals surface area contributed by atoms with Gasteiger partial charge >= 0.3 is 0 Å². The van der Waals surface area contributed by atoms with E-state index in [2.05, 4.69) is 15.6 Å². The van der Waals surface area contributed by atoms with Gasteiger partial charge in [-0.25, -0.2) is 4.99 Å². The van der Waals surface area contributed by atoms with Crippen molar-refractivity contribution in [2.24, 2.45) is 4.99 Å². The van der Waals surface area contributed by atoms with Crippen LogP contribution in [0.1, 0.15) is 25.3 Å². The summed E-state index contributed by atoms with van der Waals surface area (Å²) in [6.45, 7) is 6.45. The summed E-state index contributed by atoms with van der Waals surface area (Å²) in [6, 6.07) is 5.76. The van der Waals surface area contributed by atoms with Crippen LogP contribution in [0.4, 0.5) is 0 Å². The fourth-order valence-corrected chi connectivity index (χ4v) is 2.66. The van der Waals surface area contributed by atoms with Gasteiger partial charge in [-0.2, -0.15) is 0 Å². The molecule has 1 atom stereocenters. The Hall–Kier alpha value is -1.99. The predicted molar refractivity (Wildman–Crippen MR) is 102 cm³/mol. The van der Waals surface area contributed by atoms with Crippen molar-refractivity contribution in [3.05, 3.63) is 23.8 Å². The van der Waals surface area contributed by atoms with E-state index in [0.717, 1.165) is 68.8 Å². The Morgan fingerprint density at radius 1 is 1.27 bits per heavy atom. The van der Waals surface area contributed by atoms with Crippen molar-refractivity contribution in [3.63, 3.8) is 0 Å². The van der Waals surface area contributed by atoms with Crippen molar-refractivity contribution in [2.45, 2.75) is 32.4 Å². The van der Waals surface area contributed by atoms with Crippen molar-refractivity contribution in [3.8, 4) is 11.5 Å². The molecule has 2 N–H and O–H groups in total. The SMILES string of the molecule is CCNC(=NCc1ccc(OC)cc1OC)NCCCOC1CCOC1. The largest absolute Gasteiger partial charge is 0.497 e. The number of benzene rings is 1. The third-order valence-electron chi connectivity index (χ3n) is 4.10. The van der Waals surface area contributed by atoms with Gasteiger partial charge in [0.25, 0.3) is 0 Å². The quantitative estimate of drug-likeness (QED) is 0.375. The van der Waals surface area contributed by atoms with E-state index in [1.54, 1.807) is 14.2 Å². The Kier molecular flexibility index (Phi) is 9.06. The number of methoxy groups -OCH3 is 2. The molecule has 1 aliphatic rings. The summed E-state index contributed by atoms with van der Waals surface area (Å²) in [5.74, 6) is 2.33. The topological polar surface area (TPSA) is 73.3 Å². The summed E-state index contributed by atoms with van der Waals surface area (Å²) in [6.07, 6.45) is 2.19. The van der Waals surface area contributed by atoms with Crippen LogP contribution in [0.3, 0.4) is 0 Å². The fraction of sp³-hybridized carbons (Fsp3) is 0.632. The third kappa shape index (κ3) is 6.72. The number of hydrogen-bond donors (Lipinski definition) is 2. The van der Waals surface area contributed by atoms with Gasteiger partial charge in [-0.1, -0.05) is 0 Å². The van der Waals surface area contributed by atoms with Crippen molar-refractivity contribution in [1.82, 2.24) is 10.6 Å². The van der Waals surface area contributed by atoms with Crippen LogP contribution in [-0.4, -0.2) is 59.2 Å². The molecule has 0 radical (unpaired) electrons. The van der Waals surface area contributed by atoms with Gasteiger partial charge in [-0.15, -0.1) is 0 Å². The molecule has 0 bridgehead atoms. The van der Waals surface area contributed by atoms with E-state index in [9.17, 15) is 0 Å². The van der Waals surface area contributed by atoms with Crippen LogP contribution >= 0.6 is 0 Å². The molecule has 146 valence electrons. The lowest BCUT2D eigenvalue weighted by atomic mass is 10.2. The van der Waals surface area contributed by atoms with E-state index in [1.165, 1.54) is 0 Å². The molecule has 0 aromatic heterocycles. The Bertz CT molecular complexity index is 560. The highest BCUT2D eigenvalue weighted by atomic mass is 16.5. The minimum atomic E-state index is 0.263. The van der Waals surface area contributed by atoms with Crippen LogP contribution in [0.5, 0.6) is 11.5 Å². The fourth-order valence-electron chi connectivity index (χ4n) is 2.66. The minimum Gasteiger partial charge on any atom is -0.497 e. The second kappa shape index (κ2) is 11.6. The van der Waals surface area contributed by atoms with Crippen LogP contribution in [0, 0.1) is 0 Å². The standard InChI is InChI=1S/C19H31N3O4/c1-4-20-19(21-9-5-10-26-17-8-11-25-14-17)22-13-15-6-7-16(23-2)12-18(15)24-3/h6-7,12,17H,4-5,8-11,13-14H2,1-3H3,(H2,20,21,22). The van der Waals surface area contributed by atoms with Gasteiger partial charge < -0.3 is 29.6 Å². The predicted octanol–water partition coefficient (Wildman–Crippen LogP) is 1.95. The van der Waals surface area contributed by atoms with Crippen LogP contribution < -0.4 is 20.1 Å². The van der Waals surface area contributed by atoms with E-state index in [-0.39, 0.29) is 6.10 Å². The van der Waals surface area contributed by atoms with E-state index in [4.69, 9.17) is 18.9 Å². The molecule has 0 amide bonds. The van der Waals surface area contributed by atoms with E-state index in [0.29, 0.717) is 6.54 Å². The molecule has 7 heteroatoms. The molecule has 0 saturated carbocycles. The first-order valence-corrected chi connectivity index (χ1v) is 9.19. The maximum absolute atomic E-state index is 5.77. The second-order valence-electron chi connectivity index (χ2n) is 6.01. The van der Waals surface area contributed by atoms with Gasteiger partial charge in [-0.05, 0) is 31.9 Å². The molecule has 1 heterocycles. The monoisotopic (exact) mass is 365 g/mol. The molecule has 1 aromatic carbocycles. The van der Waals surface area contributed by atoms with E-state index in [1.807, 2.05) is 25.1 Å². The maximum atomic E-state index is 5.77. The molecule has 0 spiro atoms. The number of aliphatic imine (C=N–C) groups is 1. The molecule has 1 aromatic rings. The van der Waals surface area contributed by atoms with Crippen LogP contribution in [0.25, 0.3) is 0 Å². The third-order valence-corrected chi connectivity index (χ3v) is 4.10. The molecule has 2 rings (SSSR count). The average molecular weight is 365 g/mol. The second-order valence-corrected chi connectivity index (χ2v) is 6.01. The summed E-state index contributed by atoms with van der Waals surface area (Å²) in [7, 11) is 3.30. The summed E-state index contributed by atoms with van der Waals surface area (Å²) in [4.78, 5) is 4.64. The van der Waals surface area contributed by atoms with Gasteiger partial charge in [0.05, 0.1) is 33.5 Å². The number of hydrogen-bond acceptors (Lipinski definition) is 5. The summed E-state index contributed by atoms with van der Waals surface area (Å²) in [5, 5.41) is 6.60. The van der Waals surface area contributed by atoms with Crippen LogP contribution in [0.2, 0.25) is 0 Å². The zero-order chi connectivity index (χ0) is 18.6. The minimum absolute atomic E-state index is 0.263. The molecule has 7 nitrogen and oxygen atoms in total. The number of nitrogens with zero attached hydrogens (tertiary/aromatic N) is 1. The first kappa shape index (κ1) is 20.3. The lowest BCUT2D eigenvalue weighted by Crippen LogP contribution is -2.38. The Balaban J connectivity index is 1.79. The van der Waals surface area contributed by atoms with Gasteiger partial charge in [0.1, 0.15) is 11.5 Å². The first-order chi connectivity index (χ1) is 12.8. The van der Waals surface area contributed by atoms with Gasteiger partial charge in [0, 0.05) is 37.9 Å². The highest BCUT2D eigenvalue weighted by molar-refractivity contribution is 5.79. The molecule has 1 fully saturated rings. The van der Waals surface area contributed by atoms with Crippen molar-refractivity contribution >= 4 is 5.96 Å². The summed E-state index contributed by atoms with van der Waals surface area (Å²) >= 11 is 0. The molecule has 1 aliphatic heterocycles. The number of rotatable bonds is 10. The van der Waals surface area contributed by atoms with Crippen molar-refractivity contribution in [1.29, 1.82) is 0 Å². The Morgan fingerprint density at radius 2 is 2.15 bits per heavy atom. The molecular weight excluding hydrogens is 334 g/mol. The maximum Gasteiger partial charge on any atom is 0.191 e. The smallest absolute Gasteiger partial charge is 0.191 e. The number of ether oxygens (including phenoxy) is 4. The van der Waals surface area contributed by atoms with E-state index >= 15 is 0 Å². The van der Waals surface area contributed by atoms with Crippen LogP contribution in [-0.2, 0) is 16.0 Å². The lowest BCUT2D eigenvalue weighted by Gasteiger charge is -2.13. The summed E-state index contributed by atoms with van der Waals surface area (Å²) < 4.78 is 21.7. The van der Waals surface area contributed by atoms with E-state index < -0.39 is 0 Å². The average Bonchev–Trinajstić information content (AvgIpc) is 3.19. The Morgan fingerprint density at radius 3 is 2.85 bits per heavy atom. The zero-order valence-electron chi connectivity index (χ0n) is 16.0. The lowest BCUT2D eigenvalue weighted by molar-refractivity contribution is 0.0420. The van der Waals surface area contributed by atoms with Gasteiger partial charge in [0.15, 0.2) is 5.96 Å². The van der Waals surface area contributed by atoms with Crippen molar-refractivity contribution < 1.29 is 18.9 Å². The first-order valence-electron chi connectivity index (χ1n) is 9.19. The molecule has 1 saturated heterocycles. The Labute approximate surface area is 156 Å². The molecule has 0 aliphatic carbocycles. The van der Waals surface area contributed by atoms with Gasteiger partial charge in [0.2, 0.25) is 0 Å².